The third-order valence-corrected chi connectivity index (χ3v) is 8.14. The average molecular weight is 607 g/mol. The molecule has 13 heteroatoms. The first kappa shape index (κ1) is 28.5. The number of nitrogens with one attached hydrogen (secondary N) is 1. The van der Waals surface area contributed by atoms with E-state index in [1.807, 2.05) is 31.2 Å². The van der Waals surface area contributed by atoms with E-state index in [0.29, 0.717) is 46.3 Å². The Balaban J connectivity index is 1.62. The van der Waals surface area contributed by atoms with Crippen molar-refractivity contribution in [3.05, 3.63) is 86.9 Å². The van der Waals surface area contributed by atoms with Crippen LogP contribution in [0.1, 0.15) is 30.5 Å². The van der Waals surface area contributed by atoms with Gasteiger partial charge in [-0.3, -0.25) is 5.01 Å². The predicted molar refractivity (Wildman–Crippen MR) is 143 cm³/mol. The number of ether oxygens (including phenoxy) is 1. The topological polar surface area (TPSA) is 71.0 Å². The predicted octanol–water partition coefficient (Wildman–Crippen LogP) is 7.35. The van der Waals surface area contributed by atoms with Crippen LogP contribution in [0.5, 0.6) is 5.75 Å². The van der Waals surface area contributed by atoms with Gasteiger partial charge in [0.1, 0.15) is 10.6 Å². The van der Waals surface area contributed by atoms with Crippen molar-refractivity contribution in [2.45, 2.75) is 30.5 Å². The molecular weight excluding hydrogens is 586 g/mol. The van der Waals surface area contributed by atoms with Crippen LogP contribution >= 0.6 is 34.8 Å². The molecule has 0 saturated carbocycles. The molecule has 1 aliphatic heterocycles. The summed E-state index contributed by atoms with van der Waals surface area (Å²) in [7, 11) is -4.39. The lowest BCUT2D eigenvalue weighted by Crippen LogP contribution is -2.29. The molecule has 1 heterocycles. The smallest absolute Gasteiger partial charge is 0.416 e. The number of alkyl halides is 3. The molecule has 6 nitrogen and oxygen atoms in total. The lowest BCUT2D eigenvalue weighted by Gasteiger charge is -2.25. The minimum Gasteiger partial charge on any atom is -0.494 e. The van der Waals surface area contributed by atoms with Crippen LogP contribution in [-0.4, -0.2) is 27.3 Å². The van der Waals surface area contributed by atoms with E-state index in [2.05, 4.69) is 9.82 Å². The van der Waals surface area contributed by atoms with Gasteiger partial charge in [0.05, 0.1) is 46.2 Å². The van der Waals surface area contributed by atoms with E-state index in [0.717, 1.165) is 17.7 Å². The number of hydrazone groups is 1. The molecule has 1 aliphatic rings. The molecule has 1 atom stereocenters. The normalized spacial score (nSPS) is 16.0. The Bertz CT molecular complexity index is 1470. The van der Waals surface area contributed by atoms with Gasteiger partial charge in [-0.15, -0.1) is 0 Å². The van der Waals surface area contributed by atoms with Crippen LogP contribution in [0.15, 0.2) is 70.7 Å². The number of hydrogen-bond donors (Lipinski definition) is 1. The number of nitrogens with zero attached hydrogens (tertiary/aromatic N) is 2. The molecule has 3 aromatic rings. The van der Waals surface area contributed by atoms with Gasteiger partial charge in [0, 0.05) is 11.4 Å². The van der Waals surface area contributed by atoms with Gasteiger partial charge < -0.3 is 4.74 Å². The Hall–Kier alpha value is -2.50. The monoisotopic (exact) mass is 605 g/mol. The van der Waals surface area contributed by atoms with Gasteiger partial charge in [-0.05, 0) is 61.0 Å². The van der Waals surface area contributed by atoms with Crippen LogP contribution < -0.4 is 14.5 Å². The largest absolute Gasteiger partial charge is 0.494 e. The number of halogens is 6. The Kier molecular flexibility index (Phi) is 8.49. The maximum Gasteiger partial charge on any atom is 0.416 e. The summed E-state index contributed by atoms with van der Waals surface area (Å²) in [5.74, 6) is 0.692. The molecule has 1 unspecified atom stereocenters. The van der Waals surface area contributed by atoms with Gasteiger partial charge in [0.2, 0.25) is 10.0 Å². The molecule has 38 heavy (non-hydrogen) atoms. The molecule has 0 spiro atoms. The van der Waals surface area contributed by atoms with Crippen LogP contribution in [0.4, 0.5) is 18.9 Å². The number of anilines is 1. The van der Waals surface area contributed by atoms with Crippen molar-refractivity contribution in [2.75, 3.05) is 18.2 Å². The maximum atomic E-state index is 13.1. The first-order valence-corrected chi connectivity index (χ1v) is 13.9. The lowest BCUT2D eigenvalue weighted by atomic mass is 10.0. The summed E-state index contributed by atoms with van der Waals surface area (Å²) < 4.78 is 73.1. The van der Waals surface area contributed by atoms with Crippen LogP contribution in [0.25, 0.3) is 0 Å². The summed E-state index contributed by atoms with van der Waals surface area (Å²) in [6, 6.07) is 14.1. The van der Waals surface area contributed by atoms with Crippen molar-refractivity contribution in [1.29, 1.82) is 0 Å². The number of rotatable bonds is 8. The van der Waals surface area contributed by atoms with E-state index in [9.17, 15) is 21.6 Å². The zero-order valence-corrected chi connectivity index (χ0v) is 22.9. The van der Waals surface area contributed by atoms with Crippen molar-refractivity contribution in [2.24, 2.45) is 5.10 Å². The van der Waals surface area contributed by atoms with E-state index in [1.54, 1.807) is 23.2 Å². The van der Waals surface area contributed by atoms with Crippen LogP contribution in [0, 0.1) is 0 Å². The SMILES string of the molecule is CCOc1ccc(C2CC(CNS(=O)(=O)c3cc(C(F)(F)F)ccc3Cl)=NN2c2ccc(Cl)cc2Cl)cc1. The zero-order valence-electron chi connectivity index (χ0n) is 19.8. The summed E-state index contributed by atoms with van der Waals surface area (Å²) in [6.07, 6.45) is -4.42. The molecule has 0 aromatic heterocycles. The Morgan fingerprint density at radius 3 is 2.37 bits per heavy atom. The Morgan fingerprint density at radius 1 is 1.03 bits per heavy atom. The minimum absolute atomic E-state index is 0.260. The second-order valence-corrected chi connectivity index (χ2v) is 11.3. The van der Waals surface area contributed by atoms with Crippen molar-refractivity contribution in [1.82, 2.24) is 4.72 Å². The second-order valence-electron chi connectivity index (χ2n) is 8.30. The quantitative estimate of drug-likeness (QED) is 0.291. The zero-order chi connectivity index (χ0) is 27.7. The molecule has 3 aromatic carbocycles. The van der Waals surface area contributed by atoms with Crippen LogP contribution in [0.2, 0.25) is 15.1 Å². The molecule has 0 radical (unpaired) electrons. The molecule has 202 valence electrons. The third-order valence-electron chi connectivity index (χ3n) is 5.72. The Morgan fingerprint density at radius 2 is 1.74 bits per heavy atom. The summed E-state index contributed by atoms with van der Waals surface area (Å²) in [6.45, 7) is 2.13. The fraction of sp³-hybridized carbons (Fsp3) is 0.240. The highest BCUT2D eigenvalue weighted by Gasteiger charge is 2.34. The first-order valence-electron chi connectivity index (χ1n) is 11.3. The summed E-state index contributed by atoms with van der Waals surface area (Å²) >= 11 is 18.4. The average Bonchev–Trinajstić information content (AvgIpc) is 3.27. The highest BCUT2D eigenvalue weighted by Crippen LogP contribution is 2.40. The van der Waals surface area contributed by atoms with E-state index in [4.69, 9.17) is 39.5 Å². The molecule has 0 fully saturated rings. The van der Waals surface area contributed by atoms with Crippen molar-refractivity contribution < 1.29 is 26.3 Å². The highest BCUT2D eigenvalue weighted by atomic mass is 35.5. The van der Waals surface area contributed by atoms with E-state index in [-0.39, 0.29) is 17.6 Å². The van der Waals surface area contributed by atoms with E-state index < -0.39 is 26.7 Å². The molecule has 4 rings (SSSR count). The number of sulfonamides is 1. The summed E-state index contributed by atoms with van der Waals surface area (Å²) in [4.78, 5) is -0.673. The molecular formula is C25H21Cl3F3N3O3S. The fourth-order valence-corrected chi connectivity index (χ4v) is 5.96. The lowest BCUT2D eigenvalue weighted by molar-refractivity contribution is -0.137. The number of hydrogen-bond acceptors (Lipinski definition) is 5. The van der Waals surface area contributed by atoms with Gasteiger partial charge >= 0.3 is 6.18 Å². The summed E-state index contributed by atoms with van der Waals surface area (Å²) in [5.41, 5.74) is 0.719. The molecule has 0 amide bonds. The molecule has 0 saturated heterocycles. The van der Waals surface area contributed by atoms with Crippen molar-refractivity contribution >= 4 is 56.2 Å². The van der Waals surface area contributed by atoms with E-state index in [1.165, 1.54) is 0 Å². The molecule has 1 N–H and O–H groups in total. The fourth-order valence-electron chi connectivity index (χ4n) is 3.92. The maximum absolute atomic E-state index is 13.1. The van der Waals surface area contributed by atoms with Gasteiger partial charge in [-0.1, -0.05) is 46.9 Å². The second kappa shape index (κ2) is 11.3. The van der Waals surface area contributed by atoms with Gasteiger partial charge in [0.25, 0.3) is 0 Å². The minimum atomic E-state index is -4.73. The highest BCUT2D eigenvalue weighted by molar-refractivity contribution is 7.89. The van der Waals surface area contributed by atoms with Crippen LogP contribution in [-0.2, 0) is 16.2 Å². The van der Waals surface area contributed by atoms with Crippen LogP contribution in [0.3, 0.4) is 0 Å². The standard InChI is InChI=1S/C25H21Cl3F3N3O3S/c1-2-37-19-7-3-15(4-8-19)23-13-18(33-34(23)22-10-6-17(26)12-21(22)28)14-32-38(35,36)24-11-16(25(29,30)31)5-9-20(24)27/h3-12,23,32H,2,13-14H2,1H3. The van der Waals surface area contributed by atoms with E-state index >= 15 is 0 Å². The van der Waals surface area contributed by atoms with Gasteiger partial charge in [0.15, 0.2) is 0 Å². The van der Waals surface area contributed by atoms with Crippen molar-refractivity contribution in [3.8, 4) is 5.75 Å². The Labute approximate surface area is 233 Å². The number of benzene rings is 3. The third kappa shape index (κ3) is 6.38. The molecule has 0 bridgehead atoms. The summed E-state index contributed by atoms with van der Waals surface area (Å²) in [5, 5.41) is 6.70. The first-order chi connectivity index (χ1) is 17.9. The molecule has 0 aliphatic carbocycles. The van der Waals surface area contributed by atoms with Crippen molar-refractivity contribution in [3.63, 3.8) is 0 Å². The van der Waals surface area contributed by atoms with Gasteiger partial charge in [-0.2, -0.15) is 18.3 Å². The van der Waals surface area contributed by atoms with Gasteiger partial charge in [-0.25, -0.2) is 13.1 Å².